The lowest BCUT2D eigenvalue weighted by atomic mass is 10.3. The van der Waals surface area contributed by atoms with Crippen molar-refractivity contribution >= 4 is 17.4 Å². The van der Waals surface area contributed by atoms with Gasteiger partial charge in [-0.2, -0.15) is 0 Å². The number of benzene rings is 1. The molecule has 0 atom stereocenters. The van der Waals surface area contributed by atoms with Gasteiger partial charge in [-0.05, 0) is 12.1 Å². The fourth-order valence-corrected chi connectivity index (χ4v) is 1.78. The molecule has 0 radical (unpaired) electrons. The van der Waals surface area contributed by atoms with Crippen molar-refractivity contribution in [2.45, 2.75) is 24.0 Å². The Morgan fingerprint density at radius 1 is 1.31 bits per heavy atom. The molecule has 0 aliphatic rings. The highest BCUT2D eigenvalue weighted by Crippen LogP contribution is 2.32. The van der Waals surface area contributed by atoms with Crippen LogP contribution < -0.4 is 5.73 Å². The minimum atomic E-state index is -0.850. The summed E-state index contributed by atoms with van der Waals surface area (Å²) in [5.41, 5.74) is 5.80. The average Bonchev–Trinajstić information content (AvgIpc) is 2.05. The van der Waals surface area contributed by atoms with Gasteiger partial charge >= 0.3 is 0 Å². The van der Waals surface area contributed by atoms with Crippen LogP contribution in [0.2, 0.25) is 0 Å². The highest BCUT2D eigenvalue weighted by atomic mass is 32.2. The minimum absolute atomic E-state index is 0.179. The number of hydrogen-bond donors (Lipinski definition) is 1. The Morgan fingerprint density at radius 2 is 1.92 bits per heavy atom. The molecule has 0 unspecified atom stereocenters. The lowest BCUT2D eigenvalue weighted by molar-refractivity contribution is 0.492. The van der Waals surface area contributed by atoms with Gasteiger partial charge < -0.3 is 5.73 Å². The number of anilines is 1. The first-order valence-corrected chi connectivity index (χ1v) is 4.80. The summed E-state index contributed by atoms with van der Waals surface area (Å²) in [7, 11) is 0. The third-order valence-electron chi connectivity index (χ3n) is 1.43. The second-order valence-corrected chi connectivity index (χ2v) is 4.53. The van der Waals surface area contributed by atoms with E-state index >= 15 is 0 Å². The number of thioether (sulfide) groups is 1. The molecule has 72 valence electrons. The molecule has 1 aromatic rings. The Balaban J connectivity index is 3.10. The maximum atomic E-state index is 13.1. The fraction of sp³-hybridized carbons (Fsp3) is 0.333. The van der Waals surface area contributed by atoms with Gasteiger partial charge in [0.2, 0.25) is 0 Å². The number of rotatable bonds is 2. The highest BCUT2D eigenvalue weighted by molar-refractivity contribution is 8.00. The van der Waals surface area contributed by atoms with E-state index < -0.39 is 11.6 Å². The van der Waals surface area contributed by atoms with Crippen molar-refractivity contribution in [2.75, 3.05) is 5.73 Å². The van der Waals surface area contributed by atoms with Crippen LogP contribution in [-0.2, 0) is 0 Å². The van der Waals surface area contributed by atoms with Crippen molar-refractivity contribution < 1.29 is 8.78 Å². The standard InChI is InChI=1S/C9H11F2NS/c1-5(2)13-9-7(12)4-3-6(10)8(9)11/h3-5H,12H2,1-2H3. The van der Waals surface area contributed by atoms with Gasteiger partial charge in [0.25, 0.3) is 0 Å². The Morgan fingerprint density at radius 3 is 2.46 bits per heavy atom. The molecule has 0 bridgehead atoms. The van der Waals surface area contributed by atoms with Crippen molar-refractivity contribution in [3.05, 3.63) is 23.8 Å². The van der Waals surface area contributed by atoms with E-state index in [1.54, 1.807) is 0 Å². The zero-order valence-corrected chi connectivity index (χ0v) is 8.29. The molecule has 0 fully saturated rings. The highest BCUT2D eigenvalue weighted by Gasteiger charge is 2.13. The second kappa shape index (κ2) is 3.96. The van der Waals surface area contributed by atoms with Gasteiger partial charge in [-0.25, -0.2) is 8.78 Å². The topological polar surface area (TPSA) is 26.0 Å². The van der Waals surface area contributed by atoms with Crippen LogP contribution in [-0.4, -0.2) is 5.25 Å². The second-order valence-electron chi connectivity index (χ2n) is 2.95. The summed E-state index contributed by atoms with van der Waals surface area (Å²) in [4.78, 5) is 0.204. The van der Waals surface area contributed by atoms with Gasteiger partial charge in [-0.15, -0.1) is 11.8 Å². The Bertz CT molecular complexity index is 313. The van der Waals surface area contributed by atoms with Crippen molar-refractivity contribution in [3.63, 3.8) is 0 Å². The van der Waals surface area contributed by atoms with Crippen LogP contribution in [0.15, 0.2) is 17.0 Å². The van der Waals surface area contributed by atoms with E-state index in [1.165, 1.54) is 17.8 Å². The molecule has 0 spiro atoms. The number of nitrogens with two attached hydrogens (primary N) is 1. The van der Waals surface area contributed by atoms with Crippen LogP contribution in [0.4, 0.5) is 14.5 Å². The predicted molar refractivity (Wildman–Crippen MR) is 51.8 cm³/mol. The maximum absolute atomic E-state index is 13.1. The Kier molecular flexibility index (Phi) is 3.14. The van der Waals surface area contributed by atoms with E-state index in [9.17, 15) is 8.78 Å². The van der Waals surface area contributed by atoms with Crippen molar-refractivity contribution in [1.82, 2.24) is 0 Å². The molecule has 0 heterocycles. The van der Waals surface area contributed by atoms with Gasteiger partial charge in [0, 0.05) is 10.9 Å². The molecule has 2 N–H and O–H groups in total. The summed E-state index contributed by atoms with van der Waals surface area (Å²) in [6.07, 6.45) is 0. The van der Waals surface area contributed by atoms with E-state index in [4.69, 9.17) is 5.73 Å². The summed E-state index contributed by atoms with van der Waals surface area (Å²) < 4.78 is 25.9. The van der Waals surface area contributed by atoms with Gasteiger partial charge in [-0.1, -0.05) is 13.8 Å². The number of hydrogen-bond acceptors (Lipinski definition) is 2. The van der Waals surface area contributed by atoms with Crippen LogP contribution in [0.5, 0.6) is 0 Å². The smallest absolute Gasteiger partial charge is 0.174 e. The molecule has 0 amide bonds. The van der Waals surface area contributed by atoms with E-state index in [-0.39, 0.29) is 15.8 Å². The third kappa shape index (κ3) is 2.34. The third-order valence-corrected chi connectivity index (χ3v) is 2.56. The molecule has 1 aromatic carbocycles. The fourth-order valence-electron chi connectivity index (χ4n) is 0.902. The first kappa shape index (κ1) is 10.3. The summed E-state index contributed by atoms with van der Waals surface area (Å²) in [5.74, 6) is -1.70. The van der Waals surface area contributed by atoms with E-state index in [1.807, 2.05) is 13.8 Å². The summed E-state index contributed by atoms with van der Waals surface area (Å²) in [6.45, 7) is 3.79. The summed E-state index contributed by atoms with van der Waals surface area (Å²) in [6, 6.07) is 2.41. The molecule has 0 saturated carbocycles. The molecule has 0 aliphatic carbocycles. The molecule has 13 heavy (non-hydrogen) atoms. The minimum Gasteiger partial charge on any atom is -0.398 e. The quantitative estimate of drug-likeness (QED) is 0.590. The van der Waals surface area contributed by atoms with Crippen LogP contribution in [0.25, 0.3) is 0 Å². The zero-order valence-electron chi connectivity index (χ0n) is 7.47. The average molecular weight is 203 g/mol. The Hall–Kier alpha value is -0.770. The van der Waals surface area contributed by atoms with Crippen LogP contribution >= 0.6 is 11.8 Å². The van der Waals surface area contributed by atoms with Gasteiger partial charge in [0.1, 0.15) is 0 Å². The first-order valence-electron chi connectivity index (χ1n) is 3.92. The molecule has 0 aliphatic heterocycles. The molecule has 4 heteroatoms. The normalized spacial score (nSPS) is 10.8. The lowest BCUT2D eigenvalue weighted by Crippen LogP contribution is -1.98. The number of nitrogen functional groups attached to an aromatic ring is 1. The SMILES string of the molecule is CC(C)Sc1c(N)ccc(F)c1F. The van der Waals surface area contributed by atoms with Crippen molar-refractivity contribution in [3.8, 4) is 0 Å². The van der Waals surface area contributed by atoms with Crippen molar-refractivity contribution in [1.29, 1.82) is 0 Å². The first-order chi connectivity index (χ1) is 6.02. The molecular formula is C9H11F2NS. The summed E-state index contributed by atoms with van der Waals surface area (Å²) >= 11 is 1.23. The van der Waals surface area contributed by atoms with Gasteiger partial charge in [0.15, 0.2) is 11.6 Å². The predicted octanol–water partition coefficient (Wildman–Crippen LogP) is 3.05. The van der Waals surface area contributed by atoms with Gasteiger partial charge in [0.05, 0.1) is 4.90 Å². The van der Waals surface area contributed by atoms with E-state index in [0.717, 1.165) is 6.07 Å². The lowest BCUT2D eigenvalue weighted by Gasteiger charge is -2.09. The largest absolute Gasteiger partial charge is 0.398 e. The molecular weight excluding hydrogens is 192 g/mol. The van der Waals surface area contributed by atoms with Gasteiger partial charge in [-0.3, -0.25) is 0 Å². The van der Waals surface area contributed by atoms with E-state index in [2.05, 4.69) is 0 Å². The molecule has 1 rings (SSSR count). The van der Waals surface area contributed by atoms with Crippen LogP contribution in [0.1, 0.15) is 13.8 Å². The monoisotopic (exact) mass is 203 g/mol. The Labute approximate surface area is 80.3 Å². The van der Waals surface area contributed by atoms with Crippen molar-refractivity contribution in [2.24, 2.45) is 0 Å². The molecule has 0 aromatic heterocycles. The number of halogens is 2. The molecule has 0 saturated heterocycles. The molecule has 1 nitrogen and oxygen atoms in total. The van der Waals surface area contributed by atoms with Crippen LogP contribution in [0, 0.1) is 11.6 Å². The zero-order chi connectivity index (χ0) is 10.0. The maximum Gasteiger partial charge on any atom is 0.174 e. The summed E-state index contributed by atoms with van der Waals surface area (Å²) in [5, 5.41) is 0.179. The van der Waals surface area contributed by atoms with E-state index in [0.29, 0.717) is 0 Å². The van der Waals surface area contributed by atoms with Crippen LogP contribution in [0.3, 0.4) is 0 Å².